The normalized spacial score (nSPS) is 10.8. The summed E-state index contributed by atoms with van der Waals surface area (Å²) in [6.07, 6.45) is 0. The Labute approximate surface area is 131 Å². The standard InChI is InChI=1S/C14H15N5O2S/c1-3-20-13-7-5-4-6-12(13)19-14(15-17-18-19)22-9-11-8-10(2)16-21-11/h4-8H,3,9H2,1-2H3. The van der Waals surface area contributed by atoms with Gasteiger partial charge in [-0.05, 0) is 36.4 Å². The minimum Gasteiger partial charge on any atom is -0.492 e. The monoisotopic (exact) mass is 317 g/mol. The molecule has 0 aliphatic rings. The van der Waals surface area contributed by atoms with E-state index in [4.69, 9.17) is 9.26 Å². The zero-order chi connectivity index (χ0) is 15.4. The number of aromatic nitrogens is 5. The number of hydrogen-bond donors (Lipinski definition) is 0. The van der Waals surface area contributed by atoms with Crippen LogP contribution in [0.25, 0.3) is 5.69 Å². The van der Waals surface area contributed by atoms with E-state index in [1.54, 1.807) is 4.68 Å². The van der Waals surface area contributed by atoms with Crippen LogP contribution in [0, 0.1) is 6.92 Å². The van der Waals surface area contributed by atoms with Crippen LogP contribution in [0.2, 0.25) is 0 Å². The summed E-state index contributed by atoms with van der Waals surface area (Å²) in [6, 6.07) is 9.56. The van der Waals surface area contributed by atoms with E-state index < -0.39 is 0 Å². The second-order valence-electron chi connectivity index (χ2n) is 4.50. The molecule has 2 aromatic heterocycles. The highest BCUT2D eigenvalue weighted by Crippen LogP contribution is 2.27. The first-order chi connectivity index (χ1) is 10.8. The SMILES string of the molecule is CCOc1ccccc1-n1nnnc1SCc1cc(C)no1. The molecule has 0 aliphatic heterocycles. The number of ether oxygens (including phenoxy) is 1. The van der Waals surface area contributed by atoms with Crippen LogP contribution in [-0.4, -0.2) is 32.0 Å². The highest BCUT2D eigenvalue weighted by molar-refractivity contribution is 7.98. The predicted molar refractivity (Wildman–Crippen MR) is 81.1 cm³/mol. The molecule has 0 spiro atoms. The molecule has 0 aliphatic carbocycles. The van der Waals surface area contributed by atoms with Gasteiger partial charge in [-0.3, -0.25) is 0 Å². The van der Waals surface area contributed by atoms with E-state index in [0.717, 1.165) is 22.9 Å². The second-order valence-corrected chi connectivity index (χ2v) is 5.44. The van der Waals surface area contributed by atoms with Gasteiger partial charge in [-0.2, -0.15) is 4.68 Å². The minimum atomic E-state index is 0.582. The Balaban J connectivity index is 1.83. The van der Waals surface area contributed by atoms with E-state index in [9.17, 15) is 0 Å². The minimum absolute atomic E-state index is 0.582. The number of hydrogen-bond acceptors (Lipinski definition) is 7. The number of para-hydroxylation sites is 2. The van der Waals surface area contributed by atoms with E-state index >= 15 is 0 Å². The summed E-state index contributed by atoms with van der Waals surface area (Å²) < 4.78 is 12.5. The lowest BCUT2D eigenvalue weighted by Gasteiger charge is -2.10. The van der Waals surface area contributed by atoms with Gasteiger partial charge in [-0.1, -0.05) is 29.1 Å². The summed E-state index contributed by atoms with van der Waals surface area (Å²) >= 11 is 1.48. The van der Waals surface area contributed by atoms with Crippen LogP contribution in [0.3, 0.4) is 0 Å². The molecule has 0 fully saturated rings. The lowest BCUT2D eigenvalue weighted by molar-refractivity contribution is 0.337. The first kappa shape index (κ1) is 14.6. The van der Waals surface area contributed by atoms with Gasteiger partial charge in [-0.25, -0.2) is 0 Å². The average molecular weight is 317 g/mol. The Bertz CT molecular complexity index is 755. The van der Waals surface area contributed by atoms with Crippen LogP contribution < -0.4 is 4.74 Å². The van der Waals surface area contributed by atoms with Crippen LogP contribution in [-0.2, 0) is 5.75 Å². The van der Waals surface area contributed by atoms with Crippen molar-refractivity contribution in [2.75, 3.05) is 6.61 Å². The third-order valence-corrected chi connectivity index (χ3v) is 3.80. The Hall–Kier alpha value is -2.35. The van der Waals surface area contributed by atoms with E-state index in [1.165, 1.54) is 11.8 Å². The molecular formula is C14H15N5O2S. The van der Waals surface area contributed by atoms with Gasteiger partial charge in [-0.15, -0.1) is 5.10 Å². The van der Waals surface area contributed by atoms with Crippen LogP contribution >= 0.6 is 11.8 Å². The van der Waals surface area contributed by atoms with Gasteiger partial charge in [0.2, 0.25) is 5.16 Å². The van der Waals surface area contributed by atoms with Crippen molar-refractivity contribution < 1.29 is 9.26 Å². The maximum Gasteiger partial charge on any atom is 0.214 e. The molecule has 7 nitrogen and oxygen atoms in total. The summed E-state index contributed by atoms with van der Waals surface area (Å²) in [5, 5.41) is 16.4. The zero-order valence-electron chi connectivity index (χ0n) is 12.3. The number of tetrazole rings is 1. The lowest BCUT2D eigenvalue weighted by atomic mass is 10.3. The third-order valence-electron chi connectivity index (χ3n) is 2.85. The molecular weight excluding hydrogens is 302 g/mol. The Morgan fingerprint density at radius 1 is 1.32 bits per heavy atom. The average Bonchev–Trinajstić information content (AvgIpc) is 3.15. The van der Waals surface area contributed by atoms with Crippen LogP contribution in [0.5, 0.6) is 5.75 Å². The quantitative estimate of drug-likeness (QED) is 0.647. The molecule has 0 saturated heterocycles. The van der Waals surface area contributed by atoms with Crippen LogP contribution in [0.1, 0.15) is 18.4 Å². The van der Waals surface area contributed by atoms with E-state index in [-0.39, 0.29) is 0 Å². The lowest BCUT2D eigenvalue weighted by Crippen LogP contribution is -2.03. The maximum atomic E-state index is 5.63. The van der Waals surface area contributed by atoms with Crippen molar-refractivity contribution in [3.05, 3.63) is 41.8 Å². The highest BCUT2D eigenvalue weighted by Gasteiger charge is 2.14. The summed E-state index contributed by atoms with van der Waals surface area (Å²) in [6.45, 7) is 4.41. The molecule has 0 N–H and O–H groups in total. The molecule has 8 heteroatoms. The summed E-state index contributed by atoms with van der Waals surface area (Å²) in [5.74, 6) is 2.14. The van der Waals surface area contributed by atoms with Crippen molar-refractivity contribution in [1.29, 1.82) is 0 Å². The van der Waals surface area contributed by atoms with Crippen molar-refractivity contribution in [1.82, 2.24) is 25.4 Å². The van der Waals surface area contributed by atoms with Gasteiger partial charge in [0.25, 0.3) is 0 Å². The predicted octanol–water partition coefficient (Wildman–Crippen LogP) is 2.65. The molecule has 114 valence electrons. The number of rotatable bonds is 6. The fraction of sp³-hybridized carbons (Fsp3) is 0.286. The van der Waals surface area contributed by atoms with Gasteiger partial charge in [0, 0.05) is 6.07 Å². The topological polar surface area (TPSA) is 78.9 Å². The van der Waals surface area contributed by atoms with Crippen molar-refractivity contribution >= 4 is 11.8 Å². The van der Waals surface area contributed by atoms with Crippen molar-refractivity contribution in [2.24, 2.45) is 0 Å². The Morgan fingerprint density at radius 3 is 2.95 bits per heavy atom. The molecule has 1 aromatic carbocycles. The molecule has 3 rings (SSSR count). The smallest absolute Gasteiger partial charge is 0.214 e. The first-order valence-electron chi connectivity index (χ1n) is 6.83. The van der Waals surface area contributed by atoms with Gasteiger partial charge in [0.15, 0.2) is 0 Å². The van der Waals surface area contributed by atoms with E-state index in [2.05, 4.69) is 20.7 Å². The van der Waals surface area contributed by atoms with Gasteiger partial charge in [0.05, 0.1) is 18.1 Å². The largest absolute Gasteiger partial charge is 0.492 e. The van der Waals surface area contributed by atoms with Gasteiger partial charge >= 0.3 is 0 Å². The third kappa shape index (κ3) is 3.11. The molecule has 0 unspecified atom stereocenters. The summed E-state index contributed by atoms with van der Waals surface area (Å²) in [5.41, 5.74) is 1.67. The molecule has 0 atom stereocenters. The summed E-state index contributed by atoms with van der Waals surface area (Å²) in [4.78, 5) is 0. The number of nitrogens with zero attached hydrogens (tertiary/aromatic N) is 5. The molecule has 0 amide bonds. The zero-order valence-corrected chi connectivity index (χ0v) is 13.1. The maximum absolute atomic E-state index is 5.63. The number of thioether (sulfide) groups is 1. The van der Waals surface area contributed by atoms with Gasteiger partial charge in [0.1, 0.15) is 17.2 Å². The fourth-order valence-corrected chi connectivity index (χ4v) is 2.71. The fourth-order valence-electron chi connectivity index (χ4n) is 1.95. The highest BCUT2D eigenvalue weighted by atomic mass is 32.2. The Morgan fingerprint density at radius 2 is 2.18 bits per heavy atom. The molecule has 22 heavy (non-hydrogen) atoms. The second kappa shape index (κ2) is 6.61. The number of aryl methyl sites for hydroxylation is 1. The summed E-state index contributed by atoms with van der Waals surface area (Å²) in [7, 11) is 0. The van der Waals surface area contributed by atoms with E-state index in [1.807, 2.05) is 44.2 Å². The molecule has 0 saturated carbocycles. The molecule has 3 aromatic rings. The van der Waals surface area contributed by atoms with Crippen molar-refractivity contribution in [3.8, 4) is 11.4 Å². The molecule has 0 bridgehead atoms. The molecule has 0 radical (unpaired) electrons. The van der Waals surface area contributed by atoms with Crippen molar-refractivity contribution in [2.45, 2.75) is 24.8 Å². The van der Waals surface area contributed by atoms with Crippen LogP contribution in [0.4, 0.5) is 0 Å². The Kier molecular flexibility index (Phi) is 4.38. The first-order valence-corrected chi connectivity index (χ1v) is 7.82. The molecule has 2 heterocycles. The number of benzene rings is 1. The van der Waals surface area contributed by atoms with Crippen molar-refractivity contribution in [3.63, 3.8) is 0 Å². The van der Waals surface area contributed by atoms with Gasteiger partial charge < -0.3 is 9.26 Å². The van der Waals surface area contributed by atoms with Crippen LogP contribution in [0.15, 0.2) is 40.0 Å². The van der Waals surface area contributed by atoms with E-state index in [0.29, 0.717) is 17.5 Å².